The number of carbonyl (C=O) groups excluding carboxylic acids is 1. The highest BCUT2D eigenvalue weighted by Gasteiger charge is 2.09. The van der Waals surface area contributed by atoms with Crippen molar-refractivity contribution >= 4 is 5.91 Å². The first-order chi connectivity index (χ1) is 11.6. The Labute approximate surface area is 143 Å². The van der Waals surface area contributed by atoms with Gasteiger partial charge in [-0.05, 0) is 48.7 Å². The zero-order valence-corrected chi connectivity index (χ0v) is 14.3. The SMILES string of the molecule is Cc1cc(CNC(=O)c2ccc(-c3ccccc3)cc2)c(C)n1C. The lowest BCUT2D eigenvalue weighted by molar-refractivity contribution is 0.0951. The van der Waals surface area contributed by atoms with Crippen LogP contribution in [-0.4, -0.2) is 10.5 Å². The lowest BCUT2D eigenvalue weighted by Crippen LogP contribution is -2.22. The fourth-order valence-corrected chi connectivity index (χ4v) is 2.83. The maximum atomic E-state index is 12.4. The van der Waals surface area contributed by atoms with Gasteiger partial charge in [-0.3, -0.25) is 4.79 Å². The van der Waals surface area contributed by atoms with Crippen molar-refractivity contribution in [3.63, 3.8) is 0 Å². The van der Waals surface area contributed by atoms with Crippen LogP contribution in [0.4, 0.5) is 0 Å². The monoisotopic (exact) mass is 318 g/mol. The van der Waals surface area contributed by atoms with E-state index >= 15 is 0 Å². The summed E-state index contributed by atoms with van der Waals surface area (Å²) >= 11 is 0. The summed E-state index contributed by atoms with van der Waals surface area (Å²) in [5, 5.41) is 3.00. The lowest BCUT2D eigenvalue weighted by Gasteiger charge is -2.07. The fraction of sp³-hybridized carbons (Fsp3) is 0.190. The highest BCUT2D eigenvalue weighted by molar-refractivity contribution is 5.94. The molecule has 0 aliphatic heterocycles. The number of nitrogens with one attached hydrogen (secondary N) is 1. The normalized spacial score (nSPS) is 10.6. The number of carbonyl (C=O) groups is 1. The Kier molecular flexibility index (Phi) is 4.52. The van der Waals surface area contributed by atoms with E-state index in [0.717, 1.165) is 16.7 Å². The van der Waals surface area contributed by atoms with Gasteiger partial charge in [0.05, 0.1) is 0 Å². The summed E-state index contributed by atoms with van der Waals surface area (Å²) in [6, 6.07) is 20.0. The van der Waals surface area contributed by atoms with Crippen LogP contribution >= 0.6 is 0 Å². The first kappa shape index (κ1) is 16.1. The van der Waals surface area contributed by atoms with Gasteiger partial charge in [0, 0.05) is 30.5 Å². The number of benzene rings is 2. The molecule has 24 heavy (non-hydrogen) atoms. The molecular formula is C21H22N2O. The van der Waals surface area contributed by atoms with Crippen molar-refractivity contribution in [2.24, 2.45) is 7.05 Å². The topological polar surface area (TPSA) is 34.0 Å². The van der Waals surface area contributed by atoms with Gasteiger partial charge in [0.15, 0.2) is 0 Å². The molecule has 0 spiro atoms. The molecule has 0 fully saturated rings. The summed E-state index contributed by atoms with van der Waals surface area (Å²) in [7, 11) is 2.04. The molecule has 3 nitrogen and oxygen atoms in total. The van der Waals surface area contributed by atoms with Crippen LogP contribution in [0.2, 0.25) is 0 Å². The van der Waals surface area contributed by atoms with Crippen LogP contribution < -0.4 is 5.32 Å². The maximum absolute atomic E-state index is 12.4. The molecule has 3 heteroatoms. The molecule has 122 valence electrons. The third-order valence-electron chi connectivity index (χ3n) is 4.57. The van der Waals surface area contributed by atoms with Crippen LogP contribution in [0, 0.1) is 13.8 Å². The minimum Gasteiger partial charge on any atom is -0.352 e. The van der Waals surface area contributed by atoms with E-state index in [9.17, 15) is 4.79 Å². The second-order valence-corrected chi connectivity index (χ2v) is 6.08. The van der Waals surface area contributed by atoms with Gasteiger partial charge in [-0.1, -0.05) is 42.5 Å². The molecule has 0 saturated heterocycles. The smallest absolute Gasteiger partial charge is 0.251 e. The Balaban J connectivity index is 1.68. The van der Waals surface area contributed by atoms with Gasteiger partial charge >= 0.3 is 0 Å². The first-order valence-corrected chi connectivity index (χ1v) is 8.12. The molecule has 1 N–H and O–H groups in total. The first-order valence-electron chi connectivity index (χ1n) is 8.12. The second-order valence-electron chi connectivity index (χ2n) is 6.08. The number of rotatable bonds is 4. The minimum absolute atomic E-state index is 0.0458. The van der Waals surface area contributed by atoms with E-state index in [2.05, 4.69) is 41.9 Å². The number of hydrogen-bond donors (Lipinski definition) is 1. The molecule has 3 rings (SSSR count). The van der Waals surface area contributed by atoms with Gasteiger partial charge in [0.2, 0.25) is 0 Å². The standard InChI is InChI=1S/C21H22N2O/c1-15-13-20(16(2)23(15)3)14-22-21(24)19-11-9-18(10-12-19)17-7-5-4-6-8-17/h4-13H,14H2,1-3H3,(H,22,24). The fourth-order valence-electron chi connectivity index (χ4n) is 2.83. The number of aromatic nitrogens is 1. The summed E-state index contributed by atoms with van der Waals surface area (Å²) in [5.74, 6) is -0.0458. The maximum Gasteiger partial charge on any atom is 0.251 e. The number of hydrogen-bond acceptors (Lipinski definition) is 1. The van der Waals surface area contributed by atoms with Gasteiger partial charge in [-0.2, -0.15) is 0 Å². The molecule has 0 bridgehead atoms. The van der Waals surface area contributed by atoms with E-state index in [0.29, 0.717) is 12.1 Å². The molecule has 0 unspecified atom stereocenters. The highest BCUT2D eigenvalue weighted by atomic mass is 16.1. The van der Waals surface area contributed by atoms with E-state index in [1.54, 1.807) is 0 Å². The van der Waals surface area contributed by atoms with E-state index < -0.39 is 0 Å². The summed E-state index contributed by atoms with van der Waals surface area (Å²) in [4.78, 5) is 12.4. The van der Waals surface area contributed by atoms with Crippen molar-refractivity contribution in [2.75, 3.05) is 0 Å². The van der Waals surface area contributed by atoms with E-state index in [4.69, 9.17) is 0 Å². The van der Waals surface area contributed by atoms with Crippen molar-refractivity contribution in [3.8, 4) is 11.1 Å². The van der Waals surface area contributed by atoms with Crippen LogP contribution in [0.15, 0.2) is 60.7 Å². The van der Waals surface area contributed by atoms with Gasteiger partial charge in [0.25, 0.3) is 5.91 Å². The van der Waals surface area contributed by atoms with Crippen LogP contribution in [-0.2, 0) is 13.6 Å². The molecule has 0 radical (unpaired) electrons. The van der Waals surface area contributed by atoms with Crippen molar-refractivity contribution in [2.45, 2.75) is 20.4 Å². The lowest BCUT2D eigenvalue weighted by atomic mass is 10.0. The minimum atomic E-state index is -0.0458. The van der Waals surface area contributed by atoms with Crippen molar-refractivity contribution in [1.29, 1.82) is 0 Å². The van der Waals surface area contributed by atoms with Crippen LogP contribution in [0.1, 0.15) is 27.3 Å². The Morgan fingerprint density at radius 1 is 0.958 bits per heavy atom. The van der Waals surface area contributed by atoms with Crippen LogP contribution in [0.25, 0.3) is 11.1 Å². The number of nitrogens with zero attached hydrogens (tertiary/aromatic N) is 1. The van der Waals surface area contributed by atoms with Crippen molar-refractivity contribution in [1.82, 2.24) is 9.88 Å². The van der Waals surface area contributed by atoms with Gasteiger partial charge in [-0.25, -0.2) is 0 Å². The summed E-state index contributed by atoms with van der Waals surface area (Å²) in [6.07, 6.45) is 0. The van der Waals surface area contributed by atoms with Gasteiger partial charge < -0.3 is 9.88 Å². The Morgan fingerprint density at radius 3 is 2.17 bits per heavy atom. The quantitative estimate of drug-likeness (QED) is 0.767. The summed E-state index contributed by atoms with van der Waals surface area (Å²) < 4.78 is 2.14. The average molecular weight is 318 g/mol. The molecule has 1 heterocycles. The third kappa shape index (κ3) is 3.25. The summed E-state index contributed by atoms with van der Waals surface area (Å²) in [5.41, 5.74) is 6.49. The Hall–Kier alpha value is -2.81. The molecule has 0 saturated carbocycles. The molecule has 2 aromatic carbocycles. The van der Waals surface area contributed by atoms with Crippen LogP contribution in [0.5, 0.6) is 0 Å². The molecule has 3 aromatic rings. The van der Waals surface area contributed by atoms with E-state index in [-0.39, 0.29) is 5.91 Å². The predicted molar refractivity (Wildman–Crippen MR) is 97.9 cm³/mol. The molecule has 0 atom stereocenters. The zero-order valence-electron chi connectivity index (χ0n) is 14.3. The van der Waals surface area contributed by atoms with Gasteiger partial charge in [0.1, 0.15) is 0 Å². The van der Waals surface area contributed by atoms with E-state index in [1.807, 2.05) is 49.5 Å². The second kappa shape index (κ2) is 6.75. The Bertz CT molecular complexity index is 846. The molecular weight excluding hydrogens is 296 g/mol. The number of aryl methyl sites for hydroxylation is 1. The van der Waals surface area contributed by atoms with Gasteiger partial charge in [-0.15, -0.1) is 0 Å². The third-order valence-corrected chi connectivity index (χ3v) is 4.57. The van der Waals surface area contributed by atoms with Crippen LogP contribution in [0.3, 0.4) is 0 Å². The van der Waals surface area contributed by atoms with Crippen molar-refractivity contribution < 1.29 is 4.79 Å². The highest BCUT2D eigenvalue weighted by Crippen LogP contribution is 2.19. The number of amides is 1. The molecule has 0 aliphatic carbocycles. The molecule has 0 aliphatic rings. The largest absolute Gasteiger partial charge is 0.352 e. The van der Waals surface area contributed by atoms with E-state index in [1.165, 1.54) is 11.4 Å². The average Bonchev–Trinajstić information content (AvgIpc) is 2.87. The summed E-state index contributed by atoms with van der Waals surface area (Å²) in [6.45, 7) is 4.69. The Morgan fingerprint density at radius 2 is 1.58 bits per heavy atom. The zero-order chi connectivity index (χ0) is 17.1. The molecule has 1 aromatic heterocycles. The van der Waals surface area contributed by atoms with Crippen molar-refractivity contribution in [3.05, 3.63) is 83.2 Å². The predicted octanol–water partition coefficient (Wildman–Crippen LogP) is 4.24. The molecule has 1 amide bonds.